The number of rotatable bonds is 8. The van der Waals surface area contributed by atoms with Crippen LogP contribution in [0.4, 0.5) is 0 Å². The summed E-state index contributed by atoms with van der Waals surface area (Å²) >= 11 is 0. The van der Waals surface area contributed by atoms with Crippen molar-refractivity contribution in [1.82, 2.24) is 20.4 Å². The second kappa shape index (κ2) is 11.5. The standard InChI is InChI=1S/C17H35N5.HI/c1-4-18-17(19-10-13-22-11-6-5-7-12-22)20-14-15(2)21(3)16-8-9-16;/h15-16H,4-14H2,1-3H3,(H2,18,19,20);1H. The normalized spacial score (nSPS) is 21.0. The molecule has 2 fully saturated rings. The number of hydrogen-bond acceptors (Lipinski definition) is 3. The van der Waals surface area contributed by atoms with Crippen LogP contribution < -0.4 is 10.6 Å². The number of piperidine rings is 1. The van der Waals surface area contributed by atoms with Gasteiger partial charge in [-0.1, -0.05) is 6.42 Å². The SMILES string of the molecule is CCNC(=NCC(C)N(C)C1CC1)NCCN1CCCCC1.I. The molecule has 0 aromatic heterocycles. The minimum atomic E-state index is 0. The van der Waals surface area contributed by atoms with Gasteiger partial charge in [0.2, 0.25) is 0 Å². The Balaban J connectivity index is 0.00000264. The predicted octanol–water partition coefficient (Wildman–Crippen LogP) is 2.13. The summed E-state index contributed by atoms with van der Waals surface area (Å²) < 4.78 is 0. The molecule has 2 N–H and O–H groups in total. The molecular formula is C17H36IN5. The van der Waals surface area contributed by atoms with Gasteiger partial charge < -0.3 is 15.5 Å². The number of nitrogens with one attached hydrogen (secondary N) is 2. The van der Waals surface area contributed by atoms with Crippen LogP contribution in [0.2, 0.25) is 0 Å². The molecule has 0 spiro atoms. The maximum Gasteiger partial charge on any atom is 0.191 e. The fourth-order valence-electron chi connectivity index (χ4n) is 3.05. The van der Waals surface area contributed by atoms with Crippen LogP contribution in [0.25, 0.3) is 0 Å². The minimum Gasteiger partial charge on any atom is -0.357 e. The van der Waals surface area contributed by atoms with E-state index in [4.69, 9.17) is 4.99 Å². The summed E-state index contributed by atoms with van der Waals surface area (Å²) in [5.74, 6) is 0.968. The topological polar surface area (TPSA) is 42.9 Å². The third-order valence-corrected chi connectivity index (χ3v) is 4.85. The molecule has 1 aliphatic carbocycles. The zero-order valence-corrected chi connectivity index (χ0v) is 17.5. The molecule has 0 aromatic rings. The zero-order chi connectivity index (χ0) is 15.8. The number of aliphatic imine (C=N–C) groups is 1. The van der Waals surface area contributed by atoms with Gasteiger partial charge in [0.25, 0.3) is 0 Å². The van der Waals surface area contributed by atoms with Gasteiger partial charge in [0, 0.05) is 31.7 Å². The molecule has 1 heterocycles. The number of hydrogen-bond donors (Lipinski definition) is 2. The van der Waals surface area contributed by atoms with Crippen LogP contribution >= 0.6 is 24.0 Å². The maximum absolute atomic E-state index is 4.76. The van der Waals surface area contributed by atoms with Crippen molar-refractivity contribution in [1.29, 1.82) is 0 Å². The highest BCUT2D eigenvalue weighted by atomic mass is 127. The first-order valence-corrected chi connectivity index (χ1v) is 9.17. The van der Waals surface area contributed by atoms with Crippen LogP contribution in [0.3, 0.4) is 0 Å². The third-order valence-electron chi connectivity index (χ3n) is 4.85. The molecule has 1 unspecified atom stereocenters. The van der Waals surface area contributed by atoms with Gasteiger partial charge in [-0.15, -0.1) is 24.0 Å². The Labute approximate surface area is 159 Å². The quantitative estimate of drug-likeness (QED) is 0.347. The Bertz CT molecular complexity index is 340. The van der Waals surface area contributed by atoms with Gasteiger partial charge in [0.15, 0.2) is 5.96 Å². The van der Waals surface area contributed by atoms with Crippen molar-refractivity contribution < 1.29 is 0 Å². The van der Waals surface area contributed by atoms with Crippen LogP contribution in [-0.2, 0) is 0 Å². The van der Waals surface area contributed by atoms with Crippen molar-refractivity contribution in [2.75, 3.05) is 46.3 Å². The molecular weight excluding hydrogens is 401 g/mol. The highest BCUT2D eigenvalue weighted by Crippen LogP contribution is 2.26. The Morgan fingerprint density at radius 3 is 2.52 bits per heavy atom. The van der Waals surface area contributed by atoms with Gasteiger partial charge in [-0.05, 0) is 59.7 Å². The predicted molar refractivity (Wildman–Crippen MR) is 110 cm³/mol. The number of likely N-dealkylation sites (tertiary alicyclic amines) is 1. The van der Waals surface area contributed by atoms with E-state index in [2.05, 4.69) is 41.3 Å². The Morgan fingerprint density at radius 1 is 1.22 bits per heavy atom. The van der Waals surface area contributed by atoms with E-state index < -0.39 is 0 Å². The van der Waals surface area contributed by atoms with Crippen LogP contribution in [0.15, 0.2) is 4.99 Å². The van der Waals surface area contributed by atoms with E-state index in [1.54, 1.807) is 0 Å². The van der Waals surface area contributed by atoms with E-state index in [9.17, 15) is 0 Å². The molecule has 1 saturated heterocycles. The lowest BCUT2D eigenvalue weighted by Crippen LogP contribution is -2.43. The van der Waals surface area contributed by atoms with Crippen LogP contribution in [0.5, 0.6) is 0 Å². The summed E-state index contributed by atoms with van der Waals surface area (Å²) in [6.45, 7) is 10.8. The summed E-state index contributed by atoms with van der Waals surface area (Å²) in [6, 6.07) is 1.32. The van der Waals surface area contributed by atoms with Crippen molar-refractivity contribution in [2.24, 2.45) is 4.99 Å². The van der Waals surface area contributed by atoms with Crippen LogP contribution in [-0.4, -0.2) is 74.2 Å². The molecule has 23 heavy (non-hydrogen) atoms. The van der Waals surface area contributed by atoms with Gasteiger partial charge >= 0.3 is 0 Å². The van der Waals surface area contributed by atoms with E-state index in [1.807, 2.05) is 0 Å². The molecule has 1 aliphatic heterocycles. The molecule has 1 atom stereocenters. The first-order chi connectivity index (χ1) is 10.7. The average Bonchev–Trinajstić information content (AvgIpc) is 3.37. The molecule has 0 bridgehead atoms. The lowest BCUT2D eigenvalue weighted by molar-refractivity contribution is 0.232. The molecule has 2 rings (SSSR count). The maximum atomic E-state index is 4.76. The van der Waals surface area contributed by atoms with Gasteiger partial charge in [0.05, 0.1) is 6.54 Å². The Morgan fingerprint density at radius 2 is 1.91 bits per heavy atom. The summed E-state index contributed by atoms with van der Waals surface area (Å²) in [5, 5.41) is 6.85. The molecule has 0 aromatic carbocycles. The highest BCUT2D eigenvalue weighted by molar-refractivity contribution is 14.0. The summed E-state index contributed by atoms with van der Waals surface area (Å²) in [5.41, 5.74) is 0. The van der Waals surface area contributed by atoms with Gasteiger partial charge in [0.1, 0.15) is 0 Å². The van der Waals surface area contributed by atoms with Crippen molar-refractivity contribution >= 4 is 29.9 Å². The molecule has 6 heteroatoms. The Kier molecular flexibility index (Phi) is 10.5. The fourth-order valence-corrected chi connectivity index (χ4v) is 3.05. The number of nitrogens with zero attached hydrogens (tertiary/aromatic N) is 3. The number of likely N-dealkylation sites (N-methyl/N-ethyl adjacent to an activating group) is 1. The molecule has 5 nitrogen and oxygen atoms in total. The summed E-state index contributed by atoms with van der Waals surface area (Å²) in [4.78, 5) is 9.79. The van der Waals surface area contributed by atoms with Crippen molar-refractivity contribution in [3.63, 3.8) is 0 Å². The van der Waals surface area contributed by atoms with Crippen LogP contribution in [0, 0.1) is 0 Å². The second-order valence-electron chi connectivity index (χ2n) is 6.79. The lowest BCUT2D eigenvalue weighted by atomic mass is 10.1. The number of halogens is 1. The van der Waals surface area contributed by atoms with Gasteiger partial charge in [-0.3, -0.25) is 9.89 Å². The molecule has 2 aliphatic rings. The summed E-state index contributed by atoms with van der Waals surface area (Å²) in [7, 11) is 2.23. The zero-order valence-electron chi connectivity index (χ0n) is 15.2. The van der Waals surface area contributed by atoms with E-state index in [1.165, 1.54) is 45.2 Å². The third kappa shape index (κ3) is 8.03. The van der Waals surface area contributed by atoms with Gasteiger partial charge in [-0.2, -0.15) is 0 Å². The van der Waals surface area contributed by atoms with E-state index in [0.717, 1.165) is 38.2 Å². The van der Waals surface area contributed by atoms with Crippen LogP contribution in [0.1, 0.15) is 46.0 Å². The van der Waals surface area contributed by atoms with Gasteiger partial charge in [-0.25, -0.2) is 0 Å². The fraction of sp³-hybridized carbons (Fsp3) is 0.941. The monoisotopic (exact) mass is 437 g/mol. The molecule has 1 saturated carbocycles. The number of guanidine groups is 1. The Hall–Kier alpha value is -0.0800. The first kappa shape index (κ1) is 21.0. The van der Waals surface area contributed by atoms with E-state index >= 15 is 0 Å². The average molecular weight is 437 g/mol. The lowest BCUT2D eigenvalue weighted by Gasteiger charge is -2.27. The summed E-state index contributed by atoms with van der Waals surface area (Å²) in [6.07, 6.45) is 6.84. The first-order valence-electron chi connectivity index (χ1n) is 9.17. The smallest absolute Gasteiger partial charge is 0.191 e. The van der Waals surface area contributed by atoms with E-state index in [0.29, 0.717) is 6.04 Å². The highest BCUT2D eigenvalue weighted by Gasteiger charge is 2.28. The van der Waals surface area contributed by atoms with Crippen molar-refractivity contribution in [3.8, 4) is 0 Å². The molecule has 0 radical (unpaired) electrons. The minimum absolute atomic E-state index is 0. The largest absolute Gasteiger partial charge is 0.357 e. The molecule has 136 valence electrons. The second-order valence-corrected chi connectivity index (χ2v) is 6.79. The van der Waals surface area contributed by atoms with E-state index in [-0.39, 0.29) is 24.0 Å². The van der Waals surface area contributed by atoms with Crippen molar-refractivity contribution in [2.45, 2.75) is 58.0 Å². The molecule has 0 amide bonds. The van der Waals surface area contributed by atoms with Crippen molar-refractivity contribution in [3.05, 3.63) is 0 Å².